The zero-order valence-corrected chi connectivity index (χ0v) is 22.5. The van der Waals surface area contributed by atoms with Gasteiger partial charge in [-0.25, -0.2) is 4.79 Å². The molecule has 1 spiro atoms. The van der Waals surface area contributed by atoms with Crippen LogP contribution in [0.1, 0.15) is 45.6 Å². The van der Waals surface area contributed by atoms with Crippen LogP contribution in [0.4, 0.5) is 0 Å². The number of hydrogen-bond acceptors (Lipinski definition) is 7. The topological polar surface area (TPSA) is 73.1 Å². The molecule has 2 aliphatic heterocycles. The number of ether oxygens (including phenoxy) is 5. The predicted octanol–water partition coefficient (Wildman–Crippen LogP) is 4.26. The maximum Gasteiger partial charge on any atom is 0.331 e. The molecular weight excluding hydrogens is 458 g/mol. The molecule has 0 bridgehead atoms. The van der Waals surface area contributed by atoms with Crippen LogP contribution in [0.15, 0.2) is 42.0 Å². The molecule has 2 saturated heterocycles. The number of rotatable bonds is 11. The Morgan fingerprint density at radius 1 is 1.22 bits per heavy atom. The van der Waals surface area contributed by atoms with Crippen molar-refractivity contribution in [1.82, 2.24) is 4.90 Å². The Morgan fingerprint density at radius 2 is 1.94 bits per heavy atom. The number of allylic oxidation sites excluding steroid dienone is 1. The second-order valence-corrected chi connectivity index (χ2v) is 10.9. The molecule has 0 amide bonds. The highest BCUT2D eigenvalue weighted by molar-refractivity contribution is 5.87. The average molecular weight is 500 g/mol. The summed E-state index contributed by atoms with van der Waals surface area (Å²) in [6.45, 7) is 8.54. The highest BCUT2D eigenvalue weighted by Crippen LogP contribution is 2.59. The number of benzene rings is 1. The number of hydrogen-bond donors (Lipinski definition) is 0. The first-order valence-corrected chi connectivity index (χ1v) is 12.9. The molecule has 7 nitrogen and oxygen atoms in total. The summed E-state index contributed by atoms with van der Waals surface area (Å²) in [6.07, 6.45) is 7.38. The predicted molar refractivity (Wildman–Crippen MR) is 139 cm³/mol. The number of esters is 1. The van der Waals surface area contributed by atoms with Crippen molar-refractivity contribution in [3.05, 3.63) is 47.6 Å². The number of carbonyl (C=O) groups is 1. The quantitative estimate of drug-likeness (QED) is 0.195. The summed E-state index contributed by atoms with van der Waals surface area (Å²) < 4.78 is 29.8. The van der Waals surface area contributed by atoms with Crippen LogP contribution in [-0.2, 0) is 23.7 Å². The summed E-state index contributed by atoms with van der Waals surface area (Å²) >= 11 is 0. The van der Waals surface area contributed by atoms with Crippen LogP contribution in [0.2, 0.25) is 0 Å². The van der Waals surface area contributed by atoms with Crippen molar-refractivity contribution < 1.29 is 28.5 Å². The molecule has 1 aromatic carbocycles. The van der Waals surface area contributed by atoms with Gasteiger partial charge in [-0.05, 0) is 77.9 Å². The van der Waals surface area contributed by atoms with E-state index in [9.17, 15) is 4.79 Å². The first kappa shape index (κ1) is 26.9. The lowest BCUT2D eigenvalue weighted by Crippen LogP contribution is -2.55. The van der Waals surface area contributed by atoms with E-state index < -0.39 is 0 Å². The summed E-state index contributed by atoms with van der Waals surface area (Å²) in [5.41, 5.74) is 1.61. The van der Waals surface area contributed by atoms with Crippen molar-refractivity contribution in [2.75, 3.05) is 41.0 Å². The molecule has 1 aromatic rings. The molecule has 1 unspecified atom stereocenters. The fourth-order valence-electron chi connectivity index (χ4n) is 5.44. The monoisotopic (exact) mass is 499 g/mol. The summed E-state index contributed by atoms with van der Waals surface area (Å²) in [5.74, 6) is 0.450. The Hall–Kier alpha value is -2.19. The standard InChI is InChI=1S/C29H41NO6/c1-20(2)7-13-24-28(3,36-24)27-26(32-6)23(15-16-29(27)19-34-29)35-25(31)14-10-21-8-11-22(12-9-21)33-18-17-30(4)5/h7-12,14,23-24,26-27H,13,15-19H2,1-6H3/b14-10+/t23-,24-,26?,27-,28+,29+/m1/s1. The van der Waals surface area contributed by atoms with Crippen molar-refractivity contribution in [2.45, 2.75) is 69.5 Å². The minimum Gasteiger partial charge on any atom is -0.492 e. The summed E-state index contributed by atoms with van der Waals surface area (Å²) in [4.78, 5) is 14.8. The lowest BCUT2D eigenvalue weighted by atomic mass is 9.68. The molecule has 6 atom stereocenters. The smallest absolute Gasteiger partial charge is 0.331 e. The van der Waals surface area contributed by atoms with E-state index in [2.05, 4.69) is 31.7 Å². The fraction of sp³-hybridized carbons (Fsp3) is 0.621. The van der Waals surface area contributed by atoms with Crippen LogP contribution in [0.25, 0.3) is 6.08 Å². The van der Waals surface area contributed by atoms with Gasteiger partial charge >= 0.3 is 5.97 Å². The SMILES string of the molecule is COC1[C@H](OC(=O)/C=C/c2ccc(OCCN(C)C)cc2)CC[C@]2(CO2)[C@H]1[C@@]1(C)O[C@@H]1CC=C(C)C. The van der Waals surface area contributed by atoms with Crippen LogP contribution < -0.4 is 4.74 Å². The van der Waals surface area contributed by atoms with Gasteiger partial charge in [0.2, 0.25) is 0 Å². The van der Waals surface area contributed by atoms with Gasteiger partial charge in [-0.2, -0.15) is 0 Å². The van der Waals surface area contributed by atoms with Crippen molar-refractivity contribution in [3.8, 4) is 5.75 Å². The van der Waals surface area contributed by atoms with Gasteiger partial charge in [-0.1, -0.05) is 23.8 Å². The highest BCUT2D eigenvalue weighted by Gasteiger charge is 2.72. The third-order valence-electron chi connectivity index (χ3n) is 7.60. The summed E-state index contributed by atoms with van der Waals surface area (Å²) in [7, 11) is 5.72. The highest BCUT2D eigenvalue weighted by atomic mass is 16.6. The Morgan fingerprint density at radius 3 is 2.56 bits per heavy atom. The van der Waals surface area contributed by atoms with Crippen molar-refractivity contribution >= 4 is 12.0 Å². The second kappa shape index (κ2) is 11.1. The van der Waals surface area contributed by atoms with Crippen LogP contribution in [-0.4, -0.2) is 81.3 Å². The normalized spacial score (nSPS) is 33.1. The molecule has 0 radical (unpaired) electrons. The molecule has 4 rings (SSSR count). The molecule has 0 N–H and O–H groups in total. The van der Waals surface area contributed by atoms with E-state index >= 15 is 0 Å². The molecule has 1 aliphatic carbocycles. The van der Waals surface area contributed by atoms with Gasteiger partial charge in [-0.15, -0.1) is 0 Å². The van der Waals surface area contributed by atoms with Gasteiger partial charge < -0.3 is 28.6 Å². The van der Waals surface area contributed by atoms with Crippen LogP contribution in [0.3, 0.4) is 0 Å². The lowest BCUT2D eigenvalue weighted by molar-refractivity contribution is -0.166. The van der Waals surface area contributed by atoms with Crippen LogP contribution in [0, 0.1) is 5.92 Å². The van der Waals surface area contributed by atoms with Crippen molar-refractivity contribution in [2.24, 2.45) is 5.92 Å². The van der Waals surface area contributed by atoms with E-state index in [4.69, 9.17) is 23.7 Å². The zero-order valence-electron chi connectivity index (χ0n) is 22.5. The van der Waals surface area contributed by atoms with E-state index in [1.165, 1.54) is 11.6 Å². The third kappa shape index (κ3) is 6.20. The number of nitrogens with zero attached hydrogens (tertiary/aromatic N) is 1. The Labute approximate surface area is 215 Å². The average Bonchev–Trinajstić information content (AvgIpc) is 3.75. The Bertz CT molecular complexity index is 962. The number of carbonyl (C=O) groups excluding carboxylic acids is 1. The Kier molecular flexibility index (Phi) is 8.25. The zero-order chi connectivity index (χ0) is 25.9. The second-order valence-electron chi connectivity index (χ2n) is 10.9. The maximum absolute atomic E-state index is 12.7. The molecule has 3 fully saturated rings. The molecule has 7 heteroatoms. The van der Waals surface area contributed by atoms with E-state index in [0.717, 1.165) is 30.7 Å². The molecule has 0 aromatic heterocycles. The molecule has 198 valence electrons. The molecule has 1 saturated carbocycles. The van der Waals surface area contributed by atoms with E-state index in [1.807, 2.05) is 38.4 Å². The van der Waals surface area contributed by atoms with E-state index in [1.54, 1.807) is 13.2 Å². The van der Waals surface area contributed by atoms with E-state index in [0.29, 0.717) is 19.6 Å². The molecule has 3 aliphatic rings. The third-order valence-corrected chi connectivity index (χ3v) is 7.60. The Balaban J connectivity index is 1.36. The van der Waals surface area contributed by atoms with Gasteiger partial charge in [0.15, 0.2) is 0 Å². The molecular formula is C29H41NO6. The number of epoxide rings is 2. The van der Waals surface area contributed by atoms with Crippen molar-refractivity contribution in [1.29, 1.82) is 0 Å². The van der Waals surface area contributed by atoms with Gasteiger partial charge in [0, 0.05) is 19.7 Å². The summed E-state index contributed by atoms with van der Waals surface area (Å²) in [5, 5.41) is 0. The number of likely N-dealkylation sites (N-methyl/N-ethyl adjacent to an activating group) is 1. The minimum atomic E-state index is -0.372. The van der Waals surface area contributed by atoms with Gasteiger partial charge in [0.05, 0.1) is 18.6 Å². The first-order chi connectivity index (χ1) is 17.2. The maximum atomic E-state index is 12.7. The number of methoxy groups -OCH3 is 1. The lowest BCUT2D eigenvalue weighted by Gasteiger charge is -2.42. The van der Waals surface area contributed by atoms with E-state index in [-0.39, 0.29) is 41.4 Å². The molecule has 36 heavy (non-hydrogen) atoms. The van der Waals surface area contributed by atoms with Crippen LogP contribution in [0.5, 0.6) is 5.75 Å². The largest absolute Gasteiger partial charge is 0.492 e. The first-order valence-electron chi connectivity index (χ1n) is 12.9. The summed E-state index contributed by atoms with van der Waals surface area (Å²) in [6, 6.07) is 7.67. The minimum absolute atomic E-state index is 0.0149. The van der Waals surface area contributed by atoms with Crippen molar-refractivity contribution in [3.63, 3.8) is 0 Å². The van der Waals surface area contributed by atoms with Crippen LogP contribution >= 0.6 is 0 Å². The van der Waals surface area contributed by atoms with Gasteiger partial charge in [-0.3, -0.25) is 0 Å². The van der Waals surface area contributed by atoms with Gasteiger partial charge in [0.25, 0.3) is 0 Å². The molecule has 2 heterocycles. The van der Waals surface area contributed by atoms with Gasteiger partial charge in [0.1, 0.15) is 35.8 Å². The fourth-order valence-corrected chi connectivity index (χ4v) is 5.44.